The van der Waals surface area contributed by atoms with Crippen molar-refractivity contribution in [3.8, 4) is 11.5 Å². The van der Waals surface area contributed by atoms with Crippen molar-refractivity contribution in [2.75, 3.05) is 13.2 Å². The molecule has 2 heterocycles. The molecular formula is C22H21ClN2O3. The minimum atomic E-state index is -0.0608. The lowest BCUT2D eigenvalue weighted by Gasteiger charge is -2.20. The Morgan fingerprint density at radius 2 is 1.96 bits per heavy atom. The molecule has 1 N–H and O–H groups in total. The van der Waals surface area contributed by atoms with Crippen LogP contribution in [0.15, 0.2) is 36.4 Å². The molecule has 0 radical (unpaired) electrons. The molecule has 0 bridgehead atoms. The van der Waals surface area contributed by atoms with Gasteiger partial charge >= 0.3 is 0 Å². The molecule has 1 aliphatic heterocycles. The van der Waals surface area contributed by atoms with Crippen LogP contribution in [0, 0.1) is 13.8 Å². The molecular weight excluding hydrogens is 376 g/mol. The van der Waals surface area contributed by atoms with Gasteiger partial charge in [-0.2, -0.15) is 0 Å². The van der Waals surface area contributed by atoms with Gasteiger partial charge in [0.2, 0.25) is 5.91 Å². The van der Waals surface area contributed by atoms with Crippen molar-refractivity contribution in [1.29, 1.82) is 0 Å². The summed E-state index contributed by atoms with van der Waals surface area (Å²) in [6.45, 7) is 5.34. The molecule has 1 aromatic heterocycles. The SMILES string of the molecule is Cc1nc2ccccc2c(C)c1CC(=O)NCc1cc(Cl)c2c(c1)OCCO2. The lowest BCUT2D eigenvalue weighted by atomic mass is 9.99. The van der Waals surface area contributed by atoms with E-state index in [-0.39, 0.29) is 12.3 Å². The first kappa shape index (κ1) is 18.6. The van der Waals surface area contributed by atoms with Crippen LogP contribution in [0.1, 0.15) is 22.4 Å². The number of para-hydroxylation sites is 1. The van der Waals surface area contributed by atoms with Gasteiger partial charge in [-0.05, 0) is 48.7 Å². The average molecular weight is 397 g/mol. The number of amides is 1. The topological polar surface area (TPSA) is 60.5 Å². The fraction of sp³-hybridized carbons (Fsp3) is 0.273. The van der Waals surface area contributed by atoms with Gasteiger partial charge in [-0.3, -0.25) is 9.78 Å². The highest BCUT2D eigenvalue weighted by Crippen LogP contribution is 2.38. The van der Waals surface area contributed by atoms with E-state index in [4.69, 9.17) is 21.1 Å². The Labute approximate surface area is 168 Å². The Morgan fingerprint density at radius 1 is 1.18 bits per heavy atom. The van der Waals surface area contributed by atoms with Crippen LogP contribution >= 0.6 is 11.6 Å². The summed E-state index contributed by atoms with van der Waals surface area (Å²) < 4.78 is 11.1. The Morgan fingerprint density at radius 3 is 2.82 bits per heavy atom. The van der Waals surface area contributed by atoms with Gasteiger partial charge in [0.1, 0.15) is 13.2 Å². The van der Waals surface area contributed by atoms with Crippen molar-refractivity contribution >= 4 is 28.4 Å². The maximum absolute atomic E-state index is 12.6. The van der Waals surface area contributed by atoms with E-state index in [1.807, 2.05) is 44.2 Å². The van der Waals surface area contributed by atoms with Crippen molar-refractivity contribution in [2.24, 2.45) is 0 Å². The summed E-state index contributed by atoms with van der Waals surface area (Å²) in [5.74, 6) is 1.12. The van der Waals surface area contributed by atoms with Crippen molar-refractivity contribution < 1.29 is 14.3 Å². The standard InChI is InChI=1S/C22H21ClN2O3/c1-13-16-5-3-4-6-19(16)25-14(2)17(13)11-21(26)24-12-15-9-18(23)22-20(10-15)27-7-8-28-22/h3-6,9-10H,7-8,11-12H2,1-2H3,(H,24,26). The minimum Gasteiger partial charge on any atom is -0.486 e. The Kier molecular flexibility index (Phi) is 5.09. The van der Waals surface area contributed by atoms with E-state index in [0.717, 1.165) is 33.3 Å². The van der Waals surface area contributed by atoms with E-state index in [1.54, 1.807) is 6.07 Å². The lowest BCUT2D eigenvalue weighted by molar-refractivity contribution is -0.120. The number of fused-ring (bicyclic) bond motifs is 2. The van der Waals surface area contributed by atoms with Gasteiger partial charge in [-0.15, -0.1) is 0 Å². The summed E-state index contributed by atoms with van der Waals surface area (Å²) in [5.41, 5.74) is 4.77. The van der Waals surface area contributed by atoms with Gasteiger partial charge in [-0.25, -0.2) is 0 Å². The highest BCUT2D eigenvalue weighted by atomic mass is 35.5. The zero-order valence-corrected chi connectivity index (χ0v) is 16.6. The molecule has 0 unspecified atom stereocenters. The molecule has 0 spiro atoms. The van der Waals surface area contributed by atoms with E-state index in [1.165, 1.54) is 0 Å². The molecule has 1 aliphatic rings. The number of rotatable bonds is 4. The zero-order chi connectivity index (χ0) is 19.7. The molecule has 0 saturated heterocycles. The third kappa shape index (κ3) is 3.62. The number of nitrogens with zero attached hydrogens (tertiary/aromatic N) is 1. The van der Waals surface area contributed by atoms with Crippen LogP contribution in [0.5, 0.6) is 11.5 Å². The Balaban J connectivity index is 1.48. The predicted molar refractivity (Wildman–Crippen MR) is 109 cm³/mol. The molecule has 6 heteroatoms. The predicted octanol–water partition coefficient (Wildman–Crippen LogP) is 4.14. The molecule has 0 saturated carbocycles. The Bertz CT molecular complexity index is 1070. The highest BCUT2D eigenvalue weighted by molar-refractivity contribution is 6.32. The molecule has 144 valence electrons. The van der Waals surface area contributed by atoms with Gasteiger partial charge in [0.25, 0.3) is 0 Å². The van der Waals surface area contributed by atoms with Gasteiger partial charge < -0.3 is 14.8 Å². The number of aromatic nitrogens is 1. The highest BCUT2D eigenvalue weighted by Gasteiger charge is 2.17. The normalized spacial score (nSPS) is 12.8. The van der Waals surface area contributed by atoms with Gasteiger partial charge in [0.15, 0.2) is 11.5 Å². The summed E-state index contributed by atoms with van der Waals surface area (Å²) in [5, 5.41) is 4.53. The average Bonchev–Trinajstić information content (AvgIpc) is 2.69. The number of carbonyl (C=O) groups is 1. The molecule has 0 aliphatic carbocycles. The first-order valence-corrected chi connectivity index (χ1v) is 9.60. The van der Waals surface area contributed by atoms with Gasteiger partial charge in [-0.1, -0.05) is 29.8 Å². The second-order valence-corrected chi connectivity index (χ2v) is 7.28. The quantitative estimate of drug-likeness (QED) is 0.720. The van der Waals surface area contributed by atoms with Crippen LogP contribution in [0.4, 0.5) is 0 Å². The summed E-state index contributed by atoms with van der Waals surface area (Å²) in [4.78, 5) is 17.2. The number of nitrogens with one attached hydrogen (secondary N) is 1. The van der Waals surface area contributed by atoms with Crippen LogP contribution in [0.2, 0.25) is 5.02 Å². The van der Waals surface area contributed by atoms with Crippen LogP contribution in [-0.4, -0.2) is 24.1 Å². The summed E-state index contributed by atoms with van der Waals surface area (Å²) in [6, 6.07) is 11.6. The van der Waals surface area contributed by atoms with Gasteiger partial charge in [0.05, 0.1) is 17.0 Å². The fourth-order valence-electron chi connectivity index (χ4n) is 3.52. The fourth-order valence-corrected chi connectivity index (χ4v) is 3.81. The molecule has 28 heavy (non-hydrogen) atoms. The number of hydrogen-bond acceptors (Lipinski definition) is 4. The third-order valence-corrected chi connectivity index (χ3v) is 5.25. The van der Waals surface area contributed by atoms with Crippen LogP contribution in [0.3, 0.4) is 0 Å². The summed E-state index contributed by atoms with van der Waals surface area (Å²) in [6.07, 6.45) is 0.286. The van der Waals surface area contributed by atoms with Crippen molar-refractivity contribution in [3.63, 3.8) is 0 Å². The second-order valence-electron chi connectivity index (χ2n) is 6.87. The summed E-state index contributed by atoms with van der Waals surface area (Å²) in [7, 11) is 0. The molecule has 0 fully saturated rings. The molecule has 4 rings (SSSR count). The smallest absolute Gasteiger partial charge is 0.224 e. The minimum absolute atomic E-state index is 0.0608. The monoisotopic (exact) mass is 396 g/mol. The maximum atomic E-state index is 12.6. The molecule has 2 aromatic carbocycles. The first-order chi connectivity index (χ1) is 13.5. The number of pyridine rings is 1. The van der Waals surface area contributed by atoms with E-state index in [9.17, 15) is 4.79 Å². The Hall–Kier alpha value is -2.79. The number of benzene rings is 2. The van der Waals surface area contributed by atoms with Crippen LogP contribution < -0.4 is 14.8 Å². The molecule has 3 aromatic rings. The van der Waals surface area contributed by atoms with Gasteiger partial charge in [0, 0.05) is 17.6 Å². The molecule has 5 nitrogen and oxygen atoms in total. The van der Waals surface area contributed by atoms with E-state index in [2.05, 4.69) is 10.3 Å². The number of aryl methyl sites for hydroxylation is 2. The number of hydrogen-bond donors (Lipinski definition) is 1. The number of halogens is 1. The van der Waals surface area contributed by atoms with Crippen molar-refractivity contribution in [2.45, 2.75) is 26.8 Å². The zero-order valence-electron chi connectivity index (χ0n) is 15.8. The maximum Gasteiger partial charge on any atom is 0.224 e. The summed E-state index contributed by atoms with van der Waals surface area (Å²) >= 11 is 6.26. The molecule has 1 amide bonds. The van der Waals surface area contributed by atoms with E-state index < -0.39 is 0 Å². The van der Waals surface area contributed by atoms with Crippen LogP contribution in [-0.2, 0) is 17.8 Å². The third-order valence-electron chi connectivity index (χ3n) is 4.97. The van der Waals surface area contributed by atoms with Crippen LogP contribution in [0.25, 0.3) is 10.9 Å². The number of ether oxygens (including phenoxy) is 2. The lowest BCUT2D eigenvalue weighted by Crippen LogP contribution is -2.25. The van der Waals surface area contributed by atoms with Crippen molar-refractivity contribution in [3.05, 3.63) is 63.8 Å². The van der Waals surface area contributed by atoms with E-state index in [0.29, 0.717) is 36.3 Å². The van der Waals surface area contributed by atoms with Crippen molar-refractivity contribution in [1.82, 2.24) is 10.3 Å². The molecule has 0 atom stereocenters. The van der Waals surface area contributed by atoms with E-state index >= 15 is 0 Å². The largest absolute Gasteiger partial charge is 0.486 e. The number of carbonyl (C=O) groups excluding carboxylic acids is 1. The second kappa shape index (κ2) is 7.68. The first-order valence-electron chi connectivity index (χ1n) is 9.22.